The molecule has 0 aliphatic heterocycles. The zero-order chi connectivity index (χ0) is 16.6. The van der Waals surface area contributed by atoms with Crippen LogP contribution in [0.4, 0.5) is 0 Å². The zero-order valence-corrected chi connectivity index (χ0v) is 14.5. The van der Waals surface area contributed by atoms with Gasteiger partial charge in [-0.3, -0.25) is 9.59 Å². The van der Waals surface area contributed by atoms with E-state index in [2.05, 4.69) is 13.8 Å². The van der Waals surface area contributed by atoms with Crippen LogP contribution in [-0.2, 0) is 9.59 Å². The van der Waals surface area contributed by atoms with Crippen LogP contribution in [0.15, 0.2) is 11.6 Å². The maximum Gasteiger partial charge on any atom is 0.159 e. The average Bonchev–Trinajstić information content (AvgIpc) is 2.72. The summed E-state index contributed by atoms with van der Waals surface area (Å²) in [5.41, 5.74) is 0.0224. The SMILES string of the molecule is C[C@]12CCC(=O)C=C1C(=O)C[C@@H]1[C@H]3CC[C@](C)(O)[C@@]3(C)CC[C@@H]12. The van der Waals surface area contributed by atoms with E-state index in [9.17, 15) is 14.7 Å². The van der Waals surface area contributed by atoms with Gasteiger partial charge in [-0.05, 0) is 73.7 Å². The molecule has 126 valence electrons. The van der Waals surface area contributed by atoms with E-state index in [4.69, 9.17) is 0 Å². The highest BCUT2D eigenvalue weighted by atomic mass is 16.3. The van der Waals surface area contributed by atoms with Crippen LogP contribution >= 0.6 is 0 Å². The lowest BCUT2D eigenvalue weighted by Gasteiger charge is -2.58. The molecule has 0 saturated heterocycles. The van der Waals surface area contributed by atoms with Gasteiger partial charge < -0.3 is 5.11 Å². The maximum absolute atomic E-state index is 12.8. The molecule has 4 aliphatic carbocycles. The Morgan fingerprint density at radius 3 is 2.48 bits per heavy atom. The monoisotopic (exact) mass is 316 g/mol. The summed E-state index contributed by atoms with van der Waals surface area (Å²) in [5.74, 6) is 1.62. The summed E-state index contributed by atoms with van der Waals surface area (Å²) < 4.78 is 0. The Bertz CT molecular complexity index is 616. The summed E-state index contributed by atoms with van der Waals surface area (Å²) in [6.45, 7) is 6.45. The number of hydrogen-bond donors (Lipinski definition) is 1. The molecule has 0 aromatic rings. The summed E-state index contributed by atoms with van der Waals surface area (Å²) in [5, 5.41) is 10.9. The minimum atomic E-state index is -0.606. The number of ketones is 2. The Kier molecular flexibility index (Phi) is 3.09. The minimum Gasteiger partial charge on any atom is -0.390 e. The lowest BCUT2D eigenvalue weighted by atomic mass is 9.46. The first kappa shape index (κ1) is 15.6. The standard InChI is InChI=1S/C20H28O3/c1-18-7-4-12(21)10-16(18)17(22)11-13-14(18)5-8-19(2)15(13)6-9-20(19,3)23/h10,13-15,23H,4-9,11H2,1-3H3/t13-,14-,15+,18+,19-,20-/m0/s1. The molecule has 0 aromatic carbocycles. The second-order valence-corrected chi connectivity index (χ2v) is 9.21. The van der Waals surface area contributed by atoms with Crippen LogP contribution in [0.25, 0.3) is 0 Å². The number of rotatable bonds is 0. The molecule has 3 fully saturated rings. The van der Waals surface area contributed by atoms with Crippen molar-refractivity contribution in [2.75, 3.05) is 0 Å². The largest absolute Gasteiger partial charge is 0.390 e. The number of allylic oxidation sites excluding steroid dienone is 1. The normalized spacial score (nSPS) is 52.5. The Hall–Kier alpha value is -0.960. The maximum atomic E-state index is 12.8. The van der Waals surface area contributed by atoms with Gasteiger partial charge >= 0.3 is 0 Å². The van der Waals surface area contributed by atoms with Crippen LogP contribution in [-0.4, -0.2) is 22.3 Å². The summed E-state index contributed by atoms with van der Waals surface area (Å²) in [6, 6.07) is 0. The van der Waals surface area contributed by atoms with Crippen molar-refractivity contribution in [3.05, 3.63) is 11.6 Å². The molecular formula is C20H28O3. The van der Waals surface area contributed by atoms with Crippen LogP contribution in [0, 0.1) is 28.6 Å². The van der Waals surface area contributed by atoms with Crippen molar-refractivity contribution < 1.29 is 14.7 Å². The molecule has 3 nitrogen and oxygen atoms in total. The Morgan fingerprint density at radius 1 is 1.04 bits per heavy atom. The highest BCUT2D eigenvalue weighted by Gasteiger charge is 2.63. The summed E-state index contributed by atoms with van der Waals surface area (Å²) in [6.07, 6.45) is 7.63. The third kappa shape index (κ3) is 1.86. The van der Waals surface area contributed by atoms with Crippen molar-refractivity contribution in [3.8, 4) is 0 Å². The summed E-state index contributed by atoms with van der Waals surface area (Å²) in [4.78, 5) is 24.6. The Morgan fingerprint density at radius 2 is 1.74 bits per heavy atom. The topological polar surface area (TPSA) is 54.4 Å². The fraction of sp³-hybridized carbons (Fsp3) is 0.800. The van der Waals surface area contributed by atoms with Gasteiger partial charge in [0.2, 0.25) is 0 Å². The van der Waals surface area contributed by atoms with Gasteiger partial charge in [0.1, 0.15) is 0 Å². The first-order valence-electron chi connectivity index (χ1n) is 9.20. The van der Waals surface area contributed by atoms with Crippen molar-refractivity contribution in [1.82, 2.24) is 0 Å². The predicted molar refractivity (Wildman–Crippen MR) is 87.7 cm³/mol. The van der Waals surface area contributed by atoms with Gasteiger partial charge in [0.05, 0.1) is 5.60 Å². The van der Waals surface area contributed by atoms with E-state index in [1.54, 1.807) is 6.08 Å². The third-order valence-corrected chi connectivity index (χ3v) is 8.35. The lowest BCUT2D eigenvalue weighted by molar-refractivity contribution is -0.140. The van der Waals surface area contributed by atoms with E-state index < -0.39 is 5.60 Å². The second kappa shape index (κ2) is 4.56. The molecule has 6 atom stereocenters. The van der Waals surface area contributed by atoms with Crippen LogP contribution in [0.5, 0.6) is 0 Å². The van der Waals surface area contributed by atoms with Gasteiger partial charge in [-0.15, -0.1) is 0 Å². The number of carbonyl (C=O) groups is 2. The van der Waals surface area contributed by atoms with E-state index >= 15 is 0 Å². The number of carbonyl (C=O) groups excluding carboxylic acids is 2. The van der Waals surface area contributed by atoms with Crippen LogP contribution in [0.3, 0.4) is 0 Å². The van der Waals surface area contributed by atoms with Gasteiger partial charge in [0.25, 0.3) is 0 Å². The van der Waals surface area contributed by atoms with Gasteiger partial charge in [-0.1, -0.05) is 13.8 Å². The van der Waals surface area contributed by atoms with Gasteiger partial charge in [-0.25, -0.2) is 0 Å². The molecule has 1 N–H and O–H groups in total. The molecule has 3 heteroatoms. The molecule has 3 saturated carbocycles. The molecule has 0 unspecified atom stereocenters. The van der Waals surface area contributed by atoms with Crippen molar-refractivity contribution in [1.29, 1.82) is 0 Å². The fourth-order valence-electron chi connectivity index (χ4n) is 6.63. The molecule has 4 rings (SSSR count). The average molecular weight is 316 g/mol. The van der Waals surface area contributed by atoms with Crippen molar-refractivity contribution in [2.24, 2.45) is 28.6 Å². The molecule has 0 aromatic heterocycles. The second-order valence-electron chi connectivity index (χ2n) is 9.21. The van der Waals surface area contributed by atoms with E-state index in [0.29, 0.717) is 30.6 Å². The van der Waals surface area contributed by atoms with Crippen LogP contribution < -0.4 is 0 Å². The molecular weight excluding hydrogens is 288 g/mol. The van der Waals surface area contributed by atoms with E-state index in [-0.39, 0.29) is 22.4 Å². The zero-order valence-electron chi connectivity index (χ0n) is 14.5. The molecule has 4 aliphatic rings. The van der Waals surface area contributed by atoms with Crippen LogP contribution in [0.1, 0.15) is 65.7 Å². The number of fused-ring (bicyclic) bond motifs is 5. The van der Waals surface area contributed by atoms with E-state index in [1.165, 1.54) is 0 Å². The Labute approximate surface area is 138 Å². The number of aliphatic hydroxyl groups is 1. The van der Waals surface area contributed by atoms with Crippen LogP contribution in [0.2, 0.25) is 0 Å². The lowest BCUT2D eigenvalue weighted by Crippen LogP contribution is -2.55. The third-order valence-electron chi connectivity index (χ3n) is 8.35. The molecule has 0 amide bonds. The van der Waals surface area contributed by atoms with E-state index in [0.717, 1.165) is 37.7 Å². The first-order chi connectivity index (χ1) is 10.7. The predicted octanol–water partition coefficient (Wildman–Crippen LogP) is 3.45. The minimum absolute atomic E-state index is 0.0590. The fourth-order valence-corrected chi connectivity index (χ4v) is 6.63. The van der Waals surface area contributed by atoms with Gasteiger partial charge in [0.15, 0.2) is 11.6 Å². The highest BCUT2D eigenvalue weighted by Crippen LogP contribution is 2.66. The molecule has 0 heterocycles. The number of hydrogen-bond acceptors (Lipinski definition) is 3. The molecule has 0 radical (unpaired) electrons. The smallest absolute Gasteiger partial charge is 0.159 e. The first-order valence-corrected chi connectivity index (χ1v) is 9.20. The number of Topliss-reactive ketones (excluding diaryl/α,β-unsaturated/α-hetero) is 1. The molecule has 0 spiro atoms. The van der Waals surface area contributed by atoms with Crippen molar-refractivity contribution >= 4 is 11.6 Å². The quantitative estimate of drug-likeness (QED) is 0.745. The van der Waals surface area contributed by atoms with Gasteiger partial charge in [0, 0.05) is 18.4 Å². The Balaban J connectivity index is 1.75. The van der Waals surface area contributed by atoms with Crippen molar-refractivity contribution in [3.63, 3.8) is 0 Å². The highest BCUT2D eigenvalue weighted by molar-refractivity contribution is 6.05. The summed E-state index contributed by atoms with van der Waals surface area (Å²) in [7, 11) is 0. The molecule has 23 heavy (non-hydrogen) atoms. The molecule has 0 bridgehead atoms. The van der Waals surface area contributed by atoms with Gasteiger partial charge in [-0.2, -0.15) is 0 Å². The van der Waals surface area contributed by atoms with Crippen molar-refractivity contribution in [2.45, 2.75) is 71.3 Å². The van der Waals surface area contributed by atoms with E-state index in [1.807, 2.05) is 6.92 Å². The summed E-state index contributed by atoms with van der Waals surface area (Å²) >= 11 is 0.